The molecule has 5 heterocycles. The molecule has 2 atom stereocenters. The zero-order valence-electron chi connectivity index (χ0n) is 21.2. The van der Waals surface area contributed by atoms with Crippen molar-refractivity contribution in [3.8, 4) is 5.69 Å². The first-order valence-electron chi connectivity index (χ1n) is 12.8. The van der Waals surface area contributed by atoms with E-state index in [-0.39, 0.29) is 12.5 Å². The number of tetrazole rings is 1. The average Bonchev–Trinajstić information content (AvgIpc) is 3.33. The van der Waals surface area contributed by atoms with E-state index in [2.05, 4.69) is 47.8 Å². The topological polar surface area (TPSA) is 120 Å². The molecule has 1 aliphatic heterocycles. The van der Waals surface area contributed by atoms with Crippen molar-refractivity contribution in [3.05, 3.63) is 82.8 Å². The van der Waals surface area contributed by atoms with Gasteiger partial charge >= 0.3 is 0 Å². The van der Waals surface area contributed by atoms with E-state index in [1.807, 2.05) is 23.8 Å². The molecule has 2 fully saturated rings. The molecule has 2 aliphatic rings. The van der Waals surface area contributed by atoms with E-state index in [0.29, 0.717) is 28.2 Å². The van der Waals surface area contributed by atoms with Crippen molar-refractivity contribution >= 4 is 34.4 Å². The first-order chi connectivity index (χ1) is 19.0. The minimum Gasteiger partial charge on any atom is -0.356 e. The zero-order valence-corrected chi connectivity index (χ0v) is 22.0. The molecule has 11 nitrogen and oxygen atoms in total. The molecule has 7 rings (SSSR count). The van der Waals surface area contributed by atoms with Crippen molar-refractivity contribution in [2.45, 2.75) is 26.4 Å². The van der Waals surface area contributed by atoms with Crippen LogP contribution in [0.1, 0.15) is 33.6 Å². The fourth-order valence-corrected chi connectivity index (χ4v) is 5.67. The number of nitrogens with one attached hydrogen (secondary N) is 1. The first kappa shape index (κ1) is 23.7. The molecule has 1 aliphatic carbocycles. The number of hydrogen-bond donors (Lipinski definition) is 1. The Morgan fingerprint density at radius 2 is 2.03 bits per heavy atom. The van der Waals surface area contributed by atoms with Gasteiger partial charge in [-0.25, -0.2) is 19.6 Å². The molecule has 1 saturated carbocycles. The lowest BCUT2D eigenvalue weighted by Crippen LogP contribution is -2.23. The predicted molar refractivity (Wildman–Crippen MR) is 145 cm³/mol. The van der Waals surface area contributed by atoms with Gasteiger partial charge in [0.15, 0.2) is 0 Å². The SMILES string of the molecule is Cc1nc(N2CC3CC3C2)ccc1Cn1cc(C(=O)NCc2cc(Cl)ccc2-n2cnnn2)c2cncnc21. The summed E-state index contributed by atoms with van der Waals surface area (Å²) in [6.07, 6.45) is 7.86. The van der Waals surface area contributed by atoms with Crippen LogP contribution >= 0.6 is 11.6 Å². The standard InChI is InChI=1S/C27H25ClN10O/c1-16-17(2-5-25(33-16)36-11-19-6-20(19)12-36)10-37-13-23(22-9-29-14-31-26(22)37)27(39)30-8-18-7-21(28)3-4-24(18)38-15-32-34-35-38/h2-5,7,9,13-15,19-20H,6,8,10-12H2,1H3,(H,30,39). The fourth-order valence-electron chi connectivity index (χ4n) is 5.48. The van der Waals surface area contributed by atoms with E-state index in [1.54, 1.807) is 18.3 Å². The van der Waals surface area contributed by atoms with Gasteiger partial charge in [-0.3, -0.25) is 4.79 Å². The molecule has 1 saturated heterocycles. The van der Waals surface area contributed by atoms with E-state index in [0.717, 1.165) is 53.3 Å². The summed E-state index contributed by atoms with van der Waals surface area (Å²) >= 11 is 6.24. The monoisotopic (exact) mass is 540 g/mol. The predicted octanol–water partition coefficient (Wildman–Crippen LogP) is 3.20. The molecule has 12 heteroatoms. The summed E-state index contributed by atoms with van der Waals surface area (Å²) in [4.78, 5) is 29.3. The lowest BCUT2D eigenvalue weighted by atomic mass is 10.1. The molecule has 0 spiro atoms. The number of aryl methyl sites for hydroxylation is 1. The highest BCUT2D eigenvalue weighted by molar-refractivity contribution is 6.30. The van der Waals surface area contributed by atoms with E-state index >= 15 is 0 Å². The number of nitrogens with zero attached hydrogens (tertiary/aromatic N) is 9. The number of hydrogen-bond acceptors (Lipinski definition) is 8. The summed E-state index contributed by atoms with van der Waals surface area (Å²) in [5.74, 6) is 2.51. The first-order valence-corrected chi connectivity index (χ1v) is 13.2. The van der Waals surface area contributed by atoms with Crippen LogP contribution in [0.15, 0.2) is 55.4 Å². The third kappa shape index (κ3) is 4.48. The smallest absolute Gasteiger partial charge is 0.253 e. The number of piperidine rings is 1. The van der Waals surface area contributed by atoms with Crippen molar-refractivity contribution < 1.29 is 4.79 Å². The van der Waals surface area contributed by atoms with Gasteiger partial charge in [0.2, 0.25) is 0 Å². The summed E-state index contributed by atoms with van der Waals surface area (Å²) in [6.45, 7) is 5.04. The van der Waals surface area contributed by atoms with E-state index in [4.69, 9.17) is 16.6 Å². The quantitative estimate of drug-likeness (QED) is 0.334. The van der Waals surface area contributed by atoms with Crippen LogP contribution in [0, 0.1) is 18.8 Å². The third-order valence-corrected chi connectivity index (χ3v) is 7.92. The van der Waals surface area contributed by atoms with Gasteiger partial charge in [-0.1, -0.05) is 17.7 Å². The number of rotatable bonds is 7. The van der Waals surface area contributed by atoms with Crippen LogP contribution < -0.4 is 10.2 Å². The minimum atomic E-state index is -0.242. The maximum absolute atomic E-state index is 13.4. The highest BCUT2D eigenvalue weighted by Crippen LogP contribution is 2.46. The molecular formula is C27H25ClN10O. The highest BCUT2D eigenvalue weighted by atomic mass is 35.5. The van der Waals surface area contributed by atoms with Crippen LogP contribution in [0.4, 0.5) is 5.82 Å². The number of fused-ring (bicyclic) bond motifs is 2. The van der Waals surface area contributed by atoms with Gasteiger partial charge in [-0.05, 0) is 71.0 Å². The summed E-state index contributed by atoms with van der Waals surface area (Å²) in [5, 5.41) is 15.6. The Morgan fingerprint density at radius 1 is 1.15 bits per heavy atom. The Hall–Kier alpha value is -4.38. The van der Waals surface area contributed by atoms with Crippen LogP contribution in [-0.2, 0) is 13.1 Å². The molecule has 196 valence electrons. The van der Waals surface area contributed by atoms with E-state index < -0.39 is 0 Å². The largest absolute Gasteiger partial charge is 0.356 e. The van der Waals surface area contributed by atoms with Crippen molar-refractivity contribution in [2.24, 2.45) is 11.8 Å². The summed E-state index contributed by atoms with van der Waals surface area (Å²) in [6, 6.07) is 9.60. The van der Waals surface area contributed by atoms with Crippen LogP contribution in [0.25, 0.3) is 16.7 Å². The maximum Gasteiger partial charge on any atom is 0.253 e. The molecule has 1 aromatic carbocycles. The Bertz CT molecular complexity index is 1690. The second kappa shape index (κ2) is 9.42. The summed E-state index contributed by atoms with van der Waals surface area (Å²) < 4.78 is 3.51. The number of halogens is 1. The zero-order chi connectivity index (χ0) is 26.5. The minimum absolute atomic E-state index is 0.234. The number of amides is 1. The van der Waals surface area contributed by atoms with Crippen molar-refractivity contribution in [3.63, 3.8) is 0 Å². The van der Waals surface area contributed by atoms with Gasteiger partial charge in [0.1, 0.15) is 24.1 Å². The van der Waals surface area contributed by atoms with E-state index in [9.17, 15) is 4.79 Å². The average molecular weight is 541 g/mol. The molecule has 2 unspecified atom stereocenters. The van der Waals surface area contributed by atoms with Gasteiger partial charge < -0.3 is 14.8 Å². The van der Waals surface area contributed by atoms with Crippen LogP contribution in [0.5, 0.6) is 0 Å². The molecular weight excluding hydrogens is 516 g/mol. The lowest BCUT2D eigenvalue weighted by Gasteiger charge is -2.20. The van der Waals surface area contributed by atoms with Gasteiger partial charge in [-0.2, -0.15) is 0 Å². The number of carbonyl (C=O) groups excluding carboxylic acids is 1. The molecule has 4 aromatic heterocycles. The molecule has 0 radical (unpaired) electrons. The van der Waals surface area contributed by atoms with Gasteiger partial charge in [-0.15, -0.1) is 5.10 Å². The van der Waals surface area contributed by atoms with Gasteiger partial charge in [0, 0.05) is 42.7 Å². The van der Waals surface area contributed by atoms with Crippen LogP contribution in [0.3, 0.4) is 0 Å². The molecule has 1 amide bonds. The Kier molecular flexibility index (Phi) is 5.73. The fraction of sp³-hybridized carbons (Fsp3) is 0.296. The van der Waals surface area contributed by atoms with Crippen LogP contribution in [-0.4, -0.2) is 58.7 Å². The van der Waals surface area contributed by atoms with Gasteiger partial charge in [0.25, 0.3) is 5.91 Å². The lowest BCUT2D eigenvalue weighted by molar-refractivity contribution is 0.0952. The number of pyridine rings is 1. The second-order valence-electron chi connectivity index (χ2n) is 10.2. The van der Waals surface area contributed by atoms with Crippen molar-refractivity contribution in [1.29, 1.82) is 0 Å². The Labute approximate surface area is 228 Å². The number of anilines is 1. The molecule has 0 bridgehead atoms. The molecule has 1 N–H and O–H groups in total. The second-order valence-corrected chi connectivity index (χ2v) is 10.7. The summed E-state index contributed by atoms with van der Waals surface area (Å²) in [5.41, 5.74) is 4.75. The maximum atomic E-state index is 13.4. The highest BCUT2D eigenvalue weighted by Gasteiger charge is 2.45. The van der Waals surface area contributed by atoms with Crippen molar-refractivity contribution in [2.75, 3.05) is 18.0 Å². The number of benzene rings is 1. The summed E-state index contributed by atoms with van der Waals surface area (Å²) in [7, 11) is 0. The molecule has 5 aromatic rings. The molecule has 39 heavy (non-hydrogen) atoms. The third-order valence-electron chi connectivity index (χ3n) is 7.68. The van der Waals surface area contributed by atoms with Crippen LogP contribution in [0.2, 0.25) is 5.02 Å². The number of aromatic nitrogens is 8. The van der Waals surface area contributed by atoms with Crippen molar-refractivity contribution in [1.82, 2.24) is 45.0 Å². The normalized spacial score (nSPS) is 17.9. The Balaban J connectivity index is 1.13. The Morgan fingerprint density at radius 3 is 2.82 bits per heavy atom. The number of carbonyl (C=O) groups is 1. The van der Waals surface area contributed by atoms with Gasteiger partial charge in [0.05, 0.1) is 23.2 Å². The van der Waals surface area contributed by atoms with E-state index in [1.165, 1.54) is 23.8 Å².